The Morgan fingerprint density at radius 3 is 2.29 bits per heavy atom. The first-order chi connectivity index (χ1) is 10.1. The molecule has 0 radical (unpaired) electrons. The van der Waals surface area contributed by atoms with Crippen molar-refractivity contribution in [1.82, 2.24) is 0 Å². The summed E-state index contributed by atoms with van der Waals surface area (Å²) in [4.78, 5) is 0. The number of unbranched alkanes of at least 4 members (excludes halogenated alkanes) is 3. The highest BCUT2D eigenvalue weighted by Gasteiger charge is 2.15. The maximum atomic E-state index is 3.98. The lowest BCUT2D eigenvalue weighted by Gasteiger charge is -2.22. The summed E-state index contributed by atoms with van der Waals surface area (Å²) < 4.78 is 0. The van der Waals surface area contributed by atoms with Gasteiger partial charge < -0.3 is 0 Å². The van der Waals surface area contributed by atoms with Crippen LogP contribution in [0.5, 0.6) is 0 Å². The topological polar surface area (TPSA) is 0 Å². The summed E-state index contributed by atoms with van der Waals surface area (Å²) in [6.45, 7) is 15.3. The minimum absolute atomic E-state index is 0.713. The molecule has 0 spiro atoms. The molecule has 0 heteroatoms. The summed E-state index contributed by atoms with van der Waals surface area (Å²) >= 11 is 0. The molecule has 2 unspecified atom stereocenters. The highest BCUT2D eigenvalue weighted by Crippen LogP contribution is 2.30. The number of hydrogen-bond acceptors (Lipinski definition) is 0. The van der Waals surface area contributed by atoms with E-state index in [1.54, 1.807) is 0 Å². The lowest BCUT2D eigenvalue weighted by molar-refractivity contribution is 0.410. The van der Waals surface area contributed by atoms with Gasteiger partial charge in [0.05, 0.1) is 0 Å². The smallest absolute Gasteiger partial charge is 0.0159 e. The Morgan fingerprint density at radius 1 is 1.05 bits per heavy atom. The average Bonchev–Trinajstić information content (AvgIpc) is 2.51. The van der Waals surface area contributed by atoms with Crippen LogP contribution >= 0.6 is 0 Å². The summed E-state index contributed by atoms with van der Waals surface area (Å²) in [6.07, 6.45) is 17.3. The van der Waals surface area contributed by atoms with E-state index in [1.165, 1.54) is 62.5 Å². The molecule has 0 aromatic carbocycles. The van der Waals surface area contributed by atoms with E-state index in [4.69, 9.17) is 0 Å². The molecule has 0 bridgehead atoms. The van der Waals surface area contributed by atoms with Crippen molar-refractivity contribution in [3.8, 4) is 0 Å². The van der Waals surface area contributed by atoms with Gasteiger partial charge in [-0.25, -0.2) is 0 Å². The fourth-order valence-electron chi connectivity index (χ4n) is 2.85. The largest absolute Gasteiger partial charge is 0.0988 e. The van der Waals surface area contributed by atoms with Gasteiger partial charge in [-0.2, -0.15) is 0 Å². The van der Waals surface area contributed by atoms with E-state index in [-0.39, 0.29) is 0 Å². The molecule has 0 aromatic heterocycles. The molecule has 2 atom stereocenters. The predicted octanol–water partition coefficient (Wildman–Crippen LogP) is 7.48. The van der Waals surface area contributed by atoms with Gasteiger partial charge in [0.1, 0.15) is 0 Å². The molecule has 0 N–H and O–H groups in total. The number of hydrogen-bond donors (Lipinski definition) is 0. The fraction of sp³-hybridized carbons (Fsp3) is 0.714. The van der Waals surface area contributed by atoms with Crippen LogP contribution in [0.1, 0.15) is 86.0 Å². The molecule has 0 fully saturated rings. The first kappa shape index (κ1) is 20.2. The van der Waals surface area contributed by atoms with Crippen molar-refractivity contribution in [2.24, 2.45) is 11.8 Å². The van der Waals surface area contributed by atoms with E-state index in [0.717, 1.165) is 5.92 Å². The number of allylic oxidation sites excluding steroid dienone is 5. The molecule has 21 heavy (non-hydrogen) atoms. The maximum Gasteiger partial charge on any atom is -0.0159 e. The van der Waals surface area contributed by atoms with E-state index in [1.807, 2.05) is 6.08 Å². The molecule has 0 aliphatic heterocycles. The SMILES string of the molecule is C=C/C(C)=C(\C=C/C)C(CCCCCC)CCC(C)CC. The van der Waals surface area contributed by atoms with Gasteiger partial charge >= 0.3 is 0 Å². The molecule has 0 aliphatic rings. The lowest BCUT2D eigenvalue weighted by atomic mass is 9.83. The van der Waals surface area contributed by atoms with Crippen LogP contribution in [0, 0.1) is 11.8 Å². The molecule has 0 aliphatic carbocycles. The number of rotatable bonds is 12. The molecular formula is C21H38. The Morgan fingerprint density at radius 2 is 1.76 bits per heavy atom. The van der Waals surface area contributed by atoms with Gasteiger partial charge in [-0.05, 0) is 49.7 Å². The van der Waals surface area contributed by atoms with Crippen LogP contribution in [-0.2, 0) is 0 Å². The predicted molar refractivity (Wildman–Crippen MR) is 98.6 cm³/mol. The van der Waals surface area contributed by atoms with Crippen LogP contribution in [0.2, 0.25) is 0 Å². The van der Waals surface area contributed by atoms with Gasteiger partial charge in [-0.3, -0.25) is 0 Å². The second-order valence-electron chi connectivity index (χ2n) is 6.48. The fourth-order valence-corrected chi connectivity index (χ4v) is 2.85. The van der Waals surface area contributed by atoms with Crippen molar-refractivity contribution in [2.75, 3.05) is 0 Å². The quantitative estimate of drug-likeness (QED) is 0.258. The van der Waals surface area contributed by atoms with Crippen molar-refractivity contribution in [3.63, 3.8) is 0 Å². The van der Waals surface area contributed by atoms with Crippen molar-refractivity contribution in [1.29, 1.82) is 0 Å². The van der Waals surface area contributed by atoms with Gasteiger partial charge in [-0.15, -0.1) is 0 Å². The highest BCUT2D eigenvalue weighted by molar-refractivity contribution is 5.32. The van der Waals surface area contributed by atoms with Gasteiger partial charge in [0, 0.05) is 0 Å². The summed E-state index contributed by atoms with van der Waals surface area (Å²) in [5.41, 5.74) is 2.88. The summed E-state index contributed by atoms with van der Waals surface area (Å²) in [5, 5.41) is 0. The van der Waals surface area contributed by atoms with Crippen molar-refractivity contribution in [3.05, 3.63) is 36.0 Å². The Balaban J connectivity index is 4.85. The average molecular weight is 291 g/mol. The Labute approximate surface area is 134 Å². The normalized spacial score (nSPS) is 15.9. The molecule has 0 saturated heterocycles. The second kappa shape index (κ2) is 12.9. The lowest BCUT2D eigenvalue weighted by Crippen LogP contribution is -2.07. The van der Waals surface area contributed by atoms with Gasteiger partial charge in [0.25, 0.3) is 0 Å². The van der Waals surface area contributed by atoms with Crippen molar-refractivity contribution >= 4 is 0 Å². The van der Waals surface area contributed by atoms with Crippen LogP contribution in [0.4, 0.5) is 0 Å². The zero-order chi connectivity index (χ0) is 16.1. The second-order valence-corrected chi connectivity index (χ2v) is 6.48. The first-order valence-corrected chi connectivity index (χ1v) is 9.06. The van der Waals surface area contributed by atoms with E-state index < -0.39 is 0 Å². The molecule has 0 amide bonds. The molecule has 0 nitrogen and oxygen atoms in total. The third kappa shape index (κ3) is 8.96. The minimum atomic E-state index is 0.713. The zero-order valence-electron chi connectivity index (χ0n) is 15.3. The van der Waals surface area contributed by atoms with Crippen LogP contribution in [0.3, 0.4) is 0 Å². The van der Waals surface area contributed by atoms with Crippen molar-refractivity contribution < 1.29 is 0 Å². The molecule has 0 rings (SSSR count). The molecular weight excluding hydrogens is 252 g/mol. The van der Waals surface area contributed by atoms with E-state index >= 15 is 0 Å². The molecule has 0 heterocycles. The monoisotopic (exact) mass is 290 g/mol. The van der Waals surface area contributed by atoms with Crippen LogP contribution in [0.15, 0.2) is 36.0 Å². The molecule has 0 saturated carbocycles. The molecule has 0 aromatic rings. The standard InChI is InChI=1S/C21H38/c1-7-11-12-13-15-20(17-16-18(5)9-3)21(14-8-2)19(6)10-4/h8,10,14,18,20H,4,7,9,11-13,15-17H2,1-3,5-6H3/b14-8-,21-19+. The van der Waals surface area contributed by atoms with E-state index in [0.29, 0.717) is 5.92 Å². The summed E-state index contributed by atoms with van der Waals surface area (Å²) in [5.74, 6) is 1.56. The maximum absolute atomic E-state index is 3.98. The van der Waals surface area contributed by atoms with E-state index in [9.17, 15) is 0 Å². The Kier molecular flexibility index (Phi) is 12.4. The van der Waals surface area contributed by atoms with Gasteiger partial charge in [-0.1, -0.05) is 84.1 Å². The molecule has 122 valence electrons. The van der Waals surface area contributed by atoms with Gasteiger partial charge in [0.15, 0.2) is 0 Å². The van der Waals surface area contributed by atoms with Crippen LogP contribution < -0.4 is 0 Å². The Bertz CT molecular complexity index is 319. The summed E-state index contributed by atoms with van der Waals surface area (Å²) in [6, 6.07) is 0. The van der Waals surface area contributed by atoms with Gasteiger partial charge in [0.2, 0.25) is 0 Å². The van der Waals surface area contributed by atoms with Crippen LogP contribution in [-0.4, -0.2) is 0 Å². The third-order valence-corrected chi connectivity index (χ3v) is 4.66. The van der Waals surface area contributed by atoms with Crippen molar-refractivity contribution in [2.45, 2.75) is 86.0 Å². The highest BCUT2D eigenvalue weighted by atomic mass is 14.2. The zero-order valence-corrected chi connectivity index (χ0v) is 15.3. The van der Waals surface area contributed by atoms with E-state index in [2.05, 4.69) is 53.3 Å². The summed E-state index contributed by atoms with van der Waals surface area (Å²) in [7, 11) is 0. The Hall–Kier alpha value is -0.780. The van der Waals surface area contributed by atoms with Crippen LogP contribution in [0.25, 0.3) is 0 Å². The first-order valence-electron chi connectivity index (χ1n) is 9.06. The minimum Gasteiger partial charge on any atom is -0.0988 e. The third-order valence-electron chi connectivity index (χ3n) is 4.66.